The molecule has 0 bridgehead atoms. The van der Waals surface area contributed by atoms with Crippen molar-refractivity contribution >= 4 is 5.90 Å². The first-order valence-electron chi connectivity index (χ1n) is 3.41. The highest BCUT2D eigenvalue weighted by Crippen LogP contribution is 2.00. The maximum atomic E-state index is 5.62. The van der Waals surface area contributed by atoms with Gasteiger partial charge in [0.2, 0.25) is 0 Å². The summed E-state index contributed by atoms with van der Waals surface area (Å²) < 4.78 is 4.95. The van der Waals surface area contributed by atoms with E-state index in [1.807, 2.05) is 20.8 Å². The molecule has 0 aliphatic rings. The van der Waals surface area contributed by atoms with Gasteiger partial charge in [0.1, 0.15) is 5.66 Å². The number of methoxy groups -OCH3 is 1. The molecule has 0 radical (unpaired) electrons. The summed E-state index contributed by atoms with van der Waals surface area (Å²) in [5, 5.41) is 0. The molecule has 0 aliphatic heterocycles. The molecule has 10 heavy (non-hydrogen) atoms. The number of nitrogens with two attached hydrogens (primary N) is 1. The number of aliphatic imine (C=N–C) groups is 1. The second kappa shape index (κ2) is 3.56. The molecular formula is C7H16N2O. The molecule has 60 valence electrons. The van der Waals surface area contributed by atoms with Crippen molar-refractivity contribution in [1.82, 2.24) is 0 Å². The Morgan fingerprint density at radius 2 is 2.10 bits per heavy atom. The Bertz CT molecular complexity index is 118. The second-order valence-electron chi connectivity index (χ2n) is 2.72. The number of ether oxygens (including phenoxy) is 1. The first-order valence-corrected chi connectivity index (χ1v) is 3.41. The molecule has 3 nitrogen and oxygen atoms in total. The van der Waals surface area contributed by atoms with E-state index in [9.17, 15) is 0 Å². The van der Waals surface area contributed by atoms with Crippen LogP contribution in [0.3, 0.4) is 0 Å². The van der Waals surface area contributed by atoms with E-state index in [1.54, 1.807) is 7.11 Å². The van der Waals surface area contributed by atoms with Crippen LogP contribution in [0.4, 0.5) is 0 Å². The SMILES string of the molecule is CCC(=NC(C)(C)N)OC. The Kier molecular flexibility index (Phi) is 3.36. The molecule has 0 saturated carbocycles. The van der Waals surface area contributed by atoms with Crippen LogP contribution in [0.15, 0.2) is 4.99 Å². The average molecular weight is 144 g/mol. The minimum Gasteiger partial charge on any atom is -0.484 e. The lowest BCUT2D eigenvalue weighted by atomic mass is 10.3. The van der Waals surface area contributed by atoms with Crippen LogP contribution >= 0.6 is 0 Å². The molecule has 3 heteroatoms. The summed E-state index contributed by atoms with van der Waals surface area (Å²) in [5.41, 5.74) is 5.11. The number of hydrogen-bond donors (Lipinski definition) is 1. The van der Waals surface area contributed by atoms with Crippen molar-refractivity contribution in [2.45, 2.75) is 32.9 Å². The van der Waals surface area contributed by atoms with Crippen LogP contribution in [0.1, 0.15) is 27.2 Å². The van der Waals surface area contributed by atoms with Gasteiger partial charge in [0, 0.05) is 6.42 Å². The van der Waals surface area contributed by atoms with Crippen LogP contribution in [0.25, 0.3) is 0 Å². The summed E-state index contributed by atoms with van der Waals surface area (Å²) in [6.07, 6.45) is 0.789. The second-order valence-corrected chi connectivity index (χ2v) is 2.72. The highest BCUT2D eigenvalue weighted by molar-refractivity contribution is 5.75. The summed E-state index contributed by atoms with van der Waals surface area (Å²) >= 11 is 0. The van der Waals surface area contributed by atoms with Gasteiger partial charge in [-0.15, -0.1) is 0 Å². The lowest BCUT2D eigenvalue weighted by Crippen LogP contribution is -2.30. The van der Waals surface area contributed by atoms with E-state index in [-0.39, 0.29) is 0 Å². The van der Waals surface area contributed by atoms with Gasteiger partial charge in [0.15, 0.2) is 5.90 Å². The van der Waals surface area contributed by atoms with Gasteiger partial charge >= 0.3 is 0 Å². The van der Waals surface area contributed by atoms with Crippen LogP contribution in [0.2, 0.25) is 0 Å². The molecule has 0 fully saturated rings. The Morgan fingerprint density at radius 3 is 2.20 bits per heavy atom. The van der Waals surface area contributed by atoms with Gasteiger partial charge in [0.25, 0.3) is 0 Å². The lowest BCUT2D eigenvalue weighted by Gasteiger charge is -2.13. The zero-order valence-corrected chi connectivity index (χ0v) is 7.14. The largest absolute Gasteiger partial charge is 0.484 e. The van der Waals surface area contributed by atoms with Crippen LogP contribution in [0, 0.1) is 0 Å². The third kappa shape index (κ3) is 4.32. The van der Waals surface area contributed by atoms with Crippen molar-refractivity contribution in [2.75, 3.05) is 7.11 Å². The predicted octanol–water partition coefficient (Wildman–Crippen LogP) is 1.14. The molecule has 0 saturated heterocycles. The van der Waals surface area contributed by atoms with Crippen LogP contribution < -0.4 is 5.73 Å². The first-order chi connectivity index (χ1) is 4.49. The highest BCUT2D eigenvalue weighted by atomic mass is 16.5. The zero-order valence-electron chi connectivity index (χ0n) is 7.14. The van der Waals surface area contributed by atoms with E-state index in [1.165, 1.54) is 0 Å². The topological polar surface area (TPSA) is 47.6 Å². The van der Waals surface area contributed by atoms with Crippen LogP contribution in [-0.4, -0.2) is 18.7 Å². The molecule has 0 aromatic heterocycles. The normalized spacial score (nSPS) is 13.5. The van der Waals surface area contributed by atoms with Crippen molar-refractivity contribution in [3.8, 4) is 0 Å². The van der Waals surface area contributed by atoms with E-state index < -0.39 is 5.66 Å². The Hall–Kier alpha value is -0.570. The fourth-order valence-corrected chi connectivity index (χ4v) is 0.590. The molecule has 0 heterocycles. The average Bonchev–Trinajstić information content (AvgIpc) is 1.81. The van der Waals surface area contributed by atoms with E-state index in [0.717, 1.165) is 6.42 Å². The van der Waals surface area contributed by atoms with Gasteiger partial charge in [-0.05, 0) is 13.8 Å². The zero-order chi connectivity index (χ0) is 8.20. The molecule has 0 aliphatic carbocycles. The summed E-state index contributed by atoms with van der Waals surface area (Å²) in [6.45, 7) is 5.65. The van der Waals surface area contributed by atoms with Crippen LogP contribution in [0.5, 0.6) is 0 Å². The maximum Gasteiger partial charge on any atom is 0.184 e. The molecule has 0 atom stereocenters. The molecule has 0 rings (SSSR count). The third-order valence-electron chi connectivity index (χ3n) is 0.951. The Balaban J connectivity index is 4.11. The van der Waals surface area contributed by atoms with Crippen molar-refractivity contribution in [3.63, 3.8) is 0 Å². The van der Waals surface area contributed by atoms with E-state index in [2.05, 4.69) is 4.99 Å². The molecule has 0 spiro atoms. The van der Waals surface area contributed by atoms with E-state index in [0.29, 0.717) is 5.90 Å². The van der Waals surface area contributed by atoms with Crippen molar-refractivity contribution in [3.05, 3.63) is 0 Å². The fraction of sp³-hybridized carbons (Fsp3) is 0.857. The van der Waals surface area contributed by atoms with Gasteiger partial charge in [-0.3, -0.25) is 0 Å². The number of rotatable bonds is 2. The minimum atomic E-state index is -0.513. The Labute approximate surface area is 62.3 Å². The molecule has 0 aromatic carbocycles. The summed E-state index contributed by atoms with van der Waals surface area (Å²) in [4.78, 5) is 4.12. The summed E-state index contributed by atoms with van der Waals surface area (Å²) in [6, 6.07) is 0. The molecular weight excluding hydrogens is 128 g/mol. The van der Waals surface area contributed by atoms with Crippen molar-refractivity contribution < 1.29 is 4.74 Å². The van der Waals surface area contributed by atoms with Gasteiger partial charge < -0.3 is 10.5 Å². The highest BCUT2D eigenvalue weighted by Gasteiger charge is 2.08. The lowest BCUT2D eigenvalue weighted by molar-refractivity contribution is 0.378. The third-order valence-corrected chi connectivity index (χ3v) is 0.951. The van der Waals surface area contributed by atoms with Crippen molar-refractivity contribution in [2.24, 2.45) is 10.7 Å². The smallest absolute Gasteiger partial charge is 0.184 e. The quantitative estimate of drug-likeness (QED) is 0.466. The summed E-state index contributed by atoms with van der Waals surface area (Å²) in [7, 11) is 1.61. The molecule has 0 aromatic rings. The fourth-order valence-electron chi connectivity index (χ4n) is 0.590. The van der Waals surface area contributed by atoms with Crippen LogP contribution in [-0.2, 0) is 4.74 Å². The van der Waals surface area contributed by atoms with E-state index in [4.69, 9.17) is 10.5 Å². The van der Waals surface area contributed by atoms with Crippen molar-refractivity contribution in [1.29, 1.82) is 0 Å². The monoisotopic (exact) mass is 144 g/mol. The minimum absolute atomic E-state index is 0.513. The summed E-state index contributed by atoms with van der Waals surface area (Å²) in [5.74, 6) is 0.701. The number of nitrogens with zero attached hydrogens (tertiary/aromatic N) is 1. The van der Waals surface area contributed by atoms with Gasteiger partial charge in [0.05, 0.1) is 7.11 Å². The maximum absolute atomic E-state index is 5.62. The predicted molar refractivity (Wildman–Crippen MR) is 43.0 cm³/mol. The molecule has 2 N–H and O–H groups in total. The first kappa shape index (κ1) is 9.43. The molecule has 0 amide bonds. The van der Waals surface area contributed by atoms with Gasteiger partial charge in [-0.2, -0.15) is 0 Å². The van der Waals surface area contributed by atoms with E-state index >= 15 is 0 Å². The number of hydrogen-bond acceptors (Lipinski definition) is 3. The van der Waals surface area contributed by atoms with Gasteiger partial charge in [-0.25, -0.2) is 4.99 Å². The molecule has 0 unspecified atom stereocenters. The van der Waals surface area contributed by atoms with Gasteiger partial charge in [-0.1, -0.05) is 6.92 Å². The Morgan fingerprint density at radius 1 is 1.60 bits per heavy atom. The standard InChI is InChI=1S/C7H16N2O/c1-5-6(10-4)9-7(2,3)8/h5,8H2,1-4H3.